The van der Waals surface area contributed by atoms with E-state index in [1.165, 1.54) is 5.56 Å². The Balaban J connectivity index is 2.62. The Morgan fingerprint density at radius 2 is 1.78 bits per heavy atom. The number of halogens is 1. The number of ether oxygens (including phenoxy) is 2. The van der Waals surface area contributed by atoms with Gasteiger partial charge >= 0.3 is 0 Å². The molecule has 1 rings (SSSR count). The average molecular weight is 317 g/mol. The van der Waals surface area contributed by atoms with Crippen LogP contribution in [-0.4, -0.2) is 45.4 Å². The molecule has 0 bridgehead atoms. The Kier molecular flexibility index (Phi) is 7.27. The molecule has 2 N–H and O–H groups in total. The van der Waals surface area contributed by atoms with Crippen LogP contribution in [0.4, 0.5) is 5.69 Å². The number of anilines is 1. The van der Waals surface area contributed by atoms with E-state index in [4.69, 9.17) is 15.2 Å². The third-order valence-corrected chi connectivity index (χ3v) is 3.43. The van der Waals surface area contributed by atoms with Gasteiger partial charge in [-0.1, -0.05) is 22.0 Å². The fourth-order valence-electron chi connectivity index (χ4n) is 1.64. The van der Waals surface area contributed by atoms with E-state index >= 15 is 0 Å². The lowest BCUT2D eigenvalue weighted by Gasteiger charge is -2.22. The van der Waals surface area contributed by atoms with Crippen LogP contribution in [0, 0.1) is 0 Å². The van der Waals surface area contributed by atoms with Gasteiger partial charge in [0.25, 0.3) is 0 Å². The Morgan fingerprint density at radius 3 is 2.28 bits per heavy atom. The fraction of sp³-hybridized carbons (Fsp3) is 0.538. The van der Waals surface area contributed by atoms with Gasteiger partial charge < -0.3 is 15.2 Å². The molecule has 0 saturated carbocycles. The number of nitrogens with two attached hydrogens (primary N) is 1. The van der Waals surface area contributed by atoms with E-state index in [-0.39, 0.29) is 0 Å². The van der Waals surface area contributed by atoms with Gasteiger partial charge in [-0.05, 0) is 17.7 Å². The van der Waals surface area contributed by atoms with Gasteiger partial charge in [-0.25, -0.2) is 0 Å². The average Bonchev–Trinajstić information content (AvgIpc) is 2.35. The third-order valence-electron chi connectivity index (χ3n) is 2.69. The van der Waals surface area contributed by atoms with E-state index in [0.717, 1.165) is 43.0 Å². The monoisotopic (exact) mass is 316 g/mol. The predicted octanol–water partition coefficient (Wildman–Crippen LogP) is 2.13. The summed E-state index contributed by atoms with van der Waals surface area (Å²) in [6, 6.07) is 5.90. The molecule has 102 valence electrons. The zero-order valence-electron chi connectivity index (χ0n) is 11.0. The molecule has 0 spiro atoms. The van der Waals surface area contributed by atoms with E-state index < -0.39 is 0 Å². The van der Waals surface area contributed by atoms with Crippen LogP contribution in [0.1, 0.15) is 5.56 Å². The number of hydrogen-bond donors (Lipinski definition) is 1. The first-order valence-electron chi connectivity index (χ1n) is 5.91. The largest absolute Gasteiger partial charge is 0.399 e. The van der Waals surface area contributed by atoms with Gasteiger partial charge in [0.1, 0.15) is 0 Å². The van der Waals surface area contributed by atoms with E-state index in [1.807, 2.05) is 18.2 Å². The van der Waals surface area contributed by atoms with E-state index in [1.54, 1.807) is 14.2 Å². The maximum atomic E-state index is 5.74. The molecule has 1 aromatic carbocycles. The molecule has 0 unspecified atom stereocenters. The molecular weight excluding hydrogens is 296 g/mol. The van der Waals surface area contributed by atoms with Crippen molar-refractivity contribution in [2.75, 3.05) is 46.3 Å². The fourth-order valence-corrected chi connectivity index (χ4v) is 2.17. The molecule has 0 fully saturated rings. The standard InChI is InChI=1S/C13H21BrN2O2/c1-17-7-5-16(6-8-18-2)10-11-3-4-12(15)9-13(11)14/h3-4,9H,5-8,10,15H2,1-2H3. The molecule has 0 atom stereocenters. The van der Waals surface area contributed by atoms with Crippen LogP contribution in [0.2, 0.25) is 0 Å². The van der Waals surface area contributed by atoms with E-state index in [0.29, 0.717) is 0 Å². The quantitative estimate of drug-likeness (QED) is 0.746. The van der Waals surface area contributed by atoms with Crippen molar-refractivity contribution >= 4 is 21.6 Å². The molecule has 0 aliphatic heterocycles. The van der Waals surface area contributed by atoms with Gasteiger partial charge in [-0.2, -0.15) is 0 Å². The van der Waals surface area contributed by atoms with Crippen molar-refractivity contribution in [3.05, 3.63) is 28.2 Å². The third kappa shape index (κ3) is 5.35. The van der Waals surface area contributed by atoms with Crippen LogP contribution >= 0.6 is 15.9 Å². The van der Waals surface area contributed by atoms with Crippen LogP contribution in [0.15, 0.2) is 22.7 Å². The minimum Gasteiger partial charge on any atom is -0.399 e. The van der Waals surface area contributed by atoms with Gasteiger partial charge in [0.15, 0.2) is 0 Å². The molecule has 0 amide bonds. The zero-order valence-corrected chi connectivity index (χ0v) is 12.6. The lowest BCUT2D eigenvalue weighted by Crippen LogP contribution is -2.30. The molecule has 0 aromatic heterocycles. The van der Waals surface area contributed by atoms with Crippen molar-refractivity contribution < 1.29 is 9.47 Å². The Labute approximate surface area is 117 Å². The maximum absolute atomic E-state index is 5.74. The molecular formula is C13H21BrN2O2. The van der Waals surface area contributed by atoms with Gasteiger partial charge in [-0.15, -0.1) is 0 Å². The first-order chi connectivity index (χ1) is 8.67. The number of benzene rings is 1. The lowest BCUT2D eigenvalue weighted by atomic mass is 10.2. The lowest BCUT2D eigenvalue weighted by molar-refractivity contribution is 0.110. The van der Waals surface area contributed by atoms with E-state index in [9.17, 15) is 0 Å². The van der Waals surface area contributed by atoms with Gasteiger partial charge in [0, 0.05) is 44.0 Å². The first-order valence-corrected chi connectivity index (χ1v) is 6.70. The highest BCUT2D eigenvalue weighted by Gasteiger charge is 2.08. The first kappa shape index (κ1) is 15.4. The van der Waals surface area contributed by atoms with Crippen LogP contribution in [0.3, 0.4) is 0 Å². The second-order valence-corrected chi connectivity index (χ2v) is 4.97. The van der Waals surface area contributed by atoms with Crippen LogP contribution in [0.5, 0.6) is 0 Å². The Hall–Kier alpha value is -0.620. The molecule has 0 aliphatic carbocycles. The van der Waals surface area contributed by atoms with Crippen molar-refractivity contribution in [1.82, 2.24) is 4.90 Å². The summed E-state index contributed by atoms with van der Waals surface area (Å²) in [5, 5.41) is 0. The topological polar surface area (TPSA) is 47.7 Å². The van der Waals surface area contributed by atoms with Crippen LogP contribution < -0.4 is 5.73 Å². The molecule has 1 aromatic rings. The highest BCUT2D eigenvalue weighted by atomic mass is 79.9. The molecule has 4 nitrogen and oxygen atoms in total. The molecule has 0 heterocycles. The summed E-state index contributed by atoms with van der Waals surface area (Å²) in [4.78, 5) is 2.29. The Bertz CT molecular complexity index is 353. The van der Waals surface area contributed by atoms with Gasteiger partial charge in [0.05, 0.1) is 13.2 Å². The summed E-state index contributed by atoms with van der Waals surface area (Å²) in [5.41, 5.74) is 7.72. The second-order valence-electron chi connectivity index (χ2n) is 4.11. The molecule has 5 heteroatoms. The summed E-state index contributed by atoms with van der Waals surface area (Å²) < 4.78 is 11.3. The summed E-state index contributed by atoms with van der Waals surface area (Å²) in [6.07, 6.45) is 0. The highest BCUT2D eigenvalue weighted by molar-refractivity contribution is 9.10. The van der Waals surface area contributed by atoms with E-state index in [2.05, 4.69) is 20.8 Å². The molecule has 0 aliphatic rings. The van der Waals surface area contributed by atoms with Crippen LogP contribution in [-0.2, 0) is 16.0 Å². The number of rotatable bonds is 8. The maximum Gasteiger partial charge on any atom is 0.0589 e. The summed E-state index contributed by atoms with van der Waals surface area (Å²) in [7, 11) is 3.43. The summed E-state index contributed by atoms with van der Waals surface area (Å²) in [5.74, 6) is 0. The van der Waals surface area contributed by atoms with Gasteiger partial charge in [0.2, 0.25) is 0 Å². The van der Waals surface area contributed by atoms with Crippen molar-refractivity contribution in [1.29, 1.82) is 0 Å². The van der Waals surface area contributed by atoms with Crippen molar-refractivity contribution in [2.24, 2.45) is 0 Å². The van der Waals surface area contributed by atoms with Crippen molar-refractivity contribution in [3.8, 4) is 0 Å². The SMILES string of the molecule is COCCN(CCOC)Cc1ccc(N)cc1Br. The van der Waals surface area contributed by atoms with Crippen LogP contribution in [0.25, 0.3) is 0 Å². The predicted molar refractivity (Wildman–Crippen MR) is 77.6 cm³/mol. The minimum absolute atomic E-state index is 0.719. The second kappa shape index (κ2) is 8.48. The molecule has 18 heavy (non-hydrogen) atoms. The van der Waals surface area contributed by atoms with Gasteiger partial charge in [-0.3, -0.25) is 4.90 Å². The number of nitrogens with zero attached hydrogens (tertiary/aromatic N) is 1. The molecule has 0 saturated heterocycles. The normalized spacial score (nSPS) is 11.1. The smallest absolute Gasteiger partial charge is 0.0589 e. The number of methoxy groups -OCH3 is 2. The molecule has 0 radical (unpaired) electrons. The van der Waals surface area contributed by atoms with Crippen molar-refractivity contribution in [3.63, 3.8) is 0 Å². The number of nitrogen functional groups attached to an aromatic ring is 1. The number of hydrogen-bond acceptors (Lipinski definition) is 4. The minimum atomic E-state index is 0.719. The zero-order chi connectivity index (χ0) is 13.4. The van der Waals surface area contributed by atoms with Crippen molar-refractivity contribution in [2.45, 2.75) is 6.54 Å². The summed E-state index contributed by atoms with van der Waals surface area (Å²) >= 11 is 3.54. The summed E-state index contributed by atoms with van der Waals surface area (Å²) in [6.45, 7) is 4.06. The highest BCUT2D eigenvalue weighted by Crippen LogP contribution is 2.21. The Morgan fingerprint density at radius 1 is 1.17 bits per heavy atom.